The molecule has 0 aromatic heterocycles. The van der Waals surface area contributed by atoms with E-state index in [9.17, 15) is 14.9 Å². The van der Waals surface area contributed by atoms with E-state index < -0.39 is 4.92 Å². The van der Waals surface area contributed by atoms with Crippen LogP contribution in [-0.4, -0.2) is 48.6 Å². The minimum atomic E-state index is -0.535. The van der Waals surface area contributed by atoms with Crippen molar-refractivity contribution in [3.8, 4) is 5.75 Å². The summed E-state index contributed by atoms with van der Waals surface area (Å²) in [5, 5.41) is 13.9. The number of benzene rings is 2. The number of nitro benzene ring substituents is 1. The zero-order valence-corrected chi connectivity index (χ0v) is 16.5. The van der Waals surface area contributed by atoms with Gasteiger partial charge in [-0.1, -0.05) is 30.3 Å². The van der Waals surface area contributed by atoms with Crippen LogP contribution in [0.4, 0.5) is 11.4 Å². The Bertz CT molecular complexity index is 859. The Balaban J connectivity index is 1.58. The minimum absolute atomic E-state index is 0.0364. The number of morpholine rings is 1. The monoisotopic (exact) mass is 399 g/mol. The van der Waals surface area contributed by atoms with Crippen molar-refractivity contribution in [2.75, 3.05) is 32.1 Å². The highest BCUT2D eigenvalue weighted by Crippen LogP contribution is 2.29. The number of anilines is 1. The third-order valence-electron chi connectivity index (χ3n) is 4.84. The molecule has 1 aliphatic heterocycles. The van der Waals surface area contributed by atoms with Crippen molar-refractivity contribution in [3.63, 3.8) is 0 Å². The van der Waals surface area contributed by atoms with Gasteiger partial charge in [-0.25, -0.2) is 0 Å². The van der Waals surface area contributed by atoms with Gasteiger partial charge >= 0.3 is 0 Å². The lowest BCUT2D eigenvalue weighted by atomic mass is 10.1. The van der Waals surface area contributed by atoms with Gasteiger partial charge in [-0.05, 0) is 24.6 Å². The summed E-state index contributed by atoms with van der Waals surface area (Å²) >= 11 is 0. The van der Waals surface area contributed by atoms with E-state index in [1.165, 1.54) is 19.2 Å². The van der Waals surface area contributed by atoms with Gasteiger partial charge in [0.1, 0.15) is 11.4 Å². The Kier molecular flexibility index (Phi) is 6.79. The number of ether oxygens (including phenoxy) is 2. The maximum atomic E-state index is 12.4. The molecule has 0 spiro atoms. The quantitative estimate of drug-likeness (QED) is 0.567. The van der Waals surface area contributed by atoms with Crippen LogP contribution in [0.3, 0.4) is 0 Å². The largest absolute Gasteiger partial charge is 0.496 e. The van der Waals surface area contributed by atoms with Gasteiger partial charge in [0.05, 0.1) is 30.3 Å². The lowest BCUT2D eigenvalue weighted by molar-refractivity contribution is -0.384. The lowest BCUT2D eigenvalue weighted by Crippen LogP contribution is -2.43. The Morgan fingerprint density at radius 2 is 2.03 bits per heavy atom. The van der Waals surface area contributed by atoms with Gasteiger partial charge < -0.3 is 14.8 Å². The number of rotatable bonds is 7. The molecule has 3 rings (SSSR count). The number of amides is 1. The molecule has 2 aromatic carbocycles. The highest BCUT2D eigenvalue weighted by atomic mass is 16.6. The first kappa shape index (κ1) is 20.8. The number of nitrogens with one attached hydrogen (secondary N) is 1. The number of hydrogen-bond acceptors (Lipinski definition) is 6. The predicted octanol–water partition coefficient (Wildman–Crippen LogP) is 3.39. The first-order valence-electron chi connectivity index (χ1n) is 9.51. The summed E-state index contributed by atoms with van der Waals surface area (Å²) in [4.78, 5) is 25.3. The van der Waals surface area contributed by atoms with Gasteiger partial charge in [0.2, 0.25) is 5.91 Å². The highest BCUT2D eigenvalue weighted by molar-refractivity contribution is 5.93. The number of nitrogens with zero attached hydrogens (tertiary/aromatic N) is 2. The molecule has 8 heteroatoms. The van der Waals surface area contributed by atoms with Gasteiger partial charge in [-0.15, -0.1) is 0 Å². The van der Waals surface area contributed by atoms with Crippen LogP contribution in [0.2, 0.25) is 0 Å². The van der Waals surface area contributed by atoms with Gasteiger partial charge in [0.25, 0.3) is 5.69 Å². The summed E-state index contributed by atoms with van der Waals surface area (Å²) in [6, 6.07) is 14.4. The first-order chi connectivity index (χ1) is 14.0. The van der Waals surface area contributed by atoms with E-state index in [1.54, 1.807) is 6.07 Å². The van der Waals surface area contributed by atoms with Crippen molar-refractivity contribution < 1.29 is 19.2 Å². The molecule has 1 saturated heterocycles. The zero-order valence-electron chi connectivity index (χ0n) is 16.5. The third kappa shape index (κ3) is 5.52. The van der Waals surface area contributed by atoms with Crippen LogP contribution in [0.15, 0.2) is 48.5 Å². The van der Waals surface area contributed by atoms with Crippen molar-refractivity contribution in [1.82, 2.24) is 4.90 Å². The van der Waals surface area contributed by atoms with E-state index in [0.29, 0.717) is 18.8 Å². The van der Waals surface area contributed by atoms with Gasteiger partial charge in [0, 0.05) is 26.1 Å². The molecule has 1 amide bonds. The number of carbonyl (C=O) groups excluding carboxylic acids is 1. The van der Waals surface area contributed by atoms with Crippen LogP contribution in [0, 0.1) is 10.1 Å². The van der Waals surface area contributed by atoms with Crippen molar-refractivity contribution >= 4 is 17.3 Å². The Morgan fingerprint density at radius 1 is 1.28 bits per heavy atom. The molecule has 8 nitrogen and oxygen atoms in total. The van der Waals surface area contributed by atoms with E-state index in [2.05, 4.69) is 10.2 Å². The molecule has 1 N–H and O–H groups in total. The fraction of sp³-hybridized carbons (Fsp3) is 0.381. The average Bonchev–Trinajstić information content (AvgIpc) is 2.72. The van der Waals surface area contributed by atoms with E-state index in [0.717, 1.165) is 12.1 Å². The normalized spacial score (nSPS) is 19.5. The van der Waals surface area contributed by atoms with Crippen LogP contribution in [0.5, 0.6) is 5.75 Å². The average molecular weight is 399 g/mol. The molecule has 0 aliphatic carbocycles. The van der Waals surface area contributed by atoms with Crippen molar-refractivity contribution in [2.45, 2.75) is 25.6 Å². The minimum Gasteiger partial charge on any atom is -0.496 e. The van der Waals surface area contributed by atoms with E-state index in [4.69, 9.17) is 9.47 Å². The Labute approximate surface area is 169 Å². The predicted molar refractivity (Wildman–Crippen MR) is 109 cm³/mol. The summed E-state index contributed by atoms with van der Waals surface area (Å²) in [5.41, 5.74) is 1.09. The molecule has 0 bridgehead atoms. The number of methoxy groups -OCH3 is 1. The number of hydrogen-bond donors (Lipinski definition) is 1. The molecule has 2 aromatic rings. The second kappa shape index (κ2) is 9.49. The summed E-state index contributed by atoms with van der Waals surface area (Å²) in [6.45, 7) is 4.00. The molecule has 2 unspecified atom stereocenters. The van der Waals surface area contributed by atoms with E-state index in [1.807, 2.05) is 37.3 Å². The van der Waals surface area contributed by atoms with E-state index >= 15 is 0 Å². The molecular weight excluding hydrogens is 374 g/mol. The van der Waals surface area contributed by atoms with Crippen molar-refractivity contribution in [2.24, 2.45) is 0 Å². The van der Waals surface area contributed by atoms with E-state index in [-0.39, 0.29) is 35.9 Å². The maximum absolute atomic E-state index is 12.4. The molecular formula is C21H25N3O5. The maximum Gasteiger partial charge on any atom is 0.296 e. The van der Waals surface area contributed by atoms with Crippen LogP contribution >= 0.6 is 0 Å². The topological polar surface area (TPSA) is 93.9 Å². The second-order valence-corrected chi connectivity index (χ2v) is 7.04. The highest BCUT2D eigenvalue weighted by Gasteiger charge is 2.26. The molecule has 1 fully saturated rings. The molecule has 1 heterocycles. The third-order valence-corrected chi connectivity index (χ3v) is 4.84. The number of nitro groups is 1. The SMILES string of the molecule is COc1ccc(NC(=O)CCN2CC(C)OC(c3ccccc3)C2)c([N+](=O)[O-])c1. The van der Waals surface area contributed by atoms with Gasteiger partial charge in [0.15, 0.2) is 0 Å². The van der Waals surface area contributed by atoms with Crippen LogP contribution in [0.1, 0.15) is 25.0 Å². The smallest absolute Gasteiger partial charge is 0.296 e. The summed E-state index contributed by atoms with van der Waals surface area (Å²) < 4.78 is 11.1. The Morgan fingerprint density at radius 3 is 2.72 bits per heavy atom. The van der Waals surface area contributed by atoms with Gasteiger partial charge in [-0.2, -0.15) is 0 Å². The molecule has 29 heavy (non-hydrogen) atoms. The second-order valence-electron chi connectivity index (χ2n) is 7.04. The standard InChI is InChI=1S/C21H25N3O5/c1-15-13-23(14-20(29-15)16-6-4-3-5-7-16)11-10-21(25)22-18-9-8-17(28-2)12-19(18)24(26)27/h3-9,12,15,20H,10-11,13-14H2,1-2H3,(H,22,25). The molecule has 154 valence electrons. The molecule has 0 saturated carbocycles. The van der Waals surface area contributed by atoms with Crippen molar-refractivity contribution in [3.05, 3.63) is 64.2 Å². The van der Waals surface area contributed by atoms with Crippen molar-refractivity contribution in [1.29, 1.82) is 0 Å². The Hall–Kier alpha value is -2.97. The summed E-state index contributed by atoms with van der Waals surface area (Å²) in [7, 11) is 1.43. The molecule has 1 aliphatic rings. The first-order valence-corrected chi connectivity index (χ1v) is 9.51. The zero-order chi connectivity index (χ0) is 20.8. The summed E-state index contributed by atoms with van der Waals surface area (Å²) in [6.07, 6.45) is 0.252. The fourth-order valence-corrected chi connectivity index (χ4v) is 3.44. The summed E-state index contributed by atoms with van der Waals surface area (Å²) in [5.74, 6) is 0.0950. The van der Waals surface area contributed by atoms with Crippen LogP contribution < -0.4 is 10.1 Å². The molecule has 0 radical (unpaired) electrons. The van der Waals surface area contributed by atoms with Crippen LogP contribution in [0.25, 0.3) is 0 Å². The lowest BCUT2D eigenvalue weighted by Gasteiger charge is -2.37. The molecule has 2 atom stereocenters. The number of carbonyl (C=O) groups is 1. The van der Waals surface area contributed by atoms with Gasteiger partial charge in [-0.3, -0.25) is 19.8 Å². The fourth-order valence-electron chi connectivity index (χ4n) is 3.44. The van der Waals surface area contributed by atoms with Crippen LogP contribution in [-0.2, 0) is 9.53 Å².